The second-order valence-corrected chi connectivity index (χ2v) is 8.24. The molecule has 2 atom stereocenters. The van der Waals surface area contributed by atoms with Gasteiger partial charge in [0.25, 0.3) is 0 Å². The standard InChI is InChI=1S/C23H37N5O/c1-4-24-23(25-18-19(2)21-10-6-5-7-11-21)28-16-14-26(15-17-28)20(3)22(29)27-12-8-9-13-27/h5-7,10-11,19-20H,4,8-9,12-18H2,1-3H3,(H,24,25). The van der Waals surface area contributed by atoms with Crippen LogP contribution in [0.15, 0.2) is 35.3 Å². The van der Waals surface area contributed by atoms with Crippen molar-refractivity contribution in [3.63, 3.8) is 0 Å². The van der Waals surface area contributed by atoms with Gasteiger partial charge in [-0.2, -0.15) is 0 Å². The van der Waals surface area contributed by atoms with Crippen molar-refractivity contribution < 1.29 is 4.79 Å². The zero-order valence-electron chi connectivity index (χ0n) is 18.3. The summed E-state index contributed by atoms with van der Waals surface area (Å²) >= 11 is 0. The number of aliphatic imine (C=N–C) groups is 1. The monoisotopic (exact) mass is 399 g/mol. The Morgan fingerprint density at radius 3 is 2.28 bits per heavy atom. The number of rotatable bonds is 6. The molecule has 29 heavy (non-hydrogen) atoms. The lowest BCUT2D eigenvalue weighted by Crippen LogP contribution is -2.57. The summed E-state index contributed by atoms with van der Waals surface area (Å²) in [7, 11) is 0. The van der Waals surface area contributed by atoms with Gasteiger partial charge in [0.15, 0.2) is 5.96 Å². The average molecular weight is 400 g/mol. The molecule has 0 spiro atoms. The third-order valence-corrected chi connectivity index (χ3v) is 6.16. The van der Waals surface area contributed by atoms with Gasteiger partial charge in [-0.05, 0) is 32.3 Å². The first-order valence-corrected chi connectivity index (χ1v) is 11.2. The number of hydrogen-bond acceptors (Lipinski definition) is 3. The van der Waals surface area contributed by atoms with Crippen molar-refractivity contribution in [1.29, 1.82) is 0 Å². The van der Waals surface area contributed by atoms with Crippen molar-refractivity contribution in [2.24, 2.45) is 4.99 Å². The third kappa shape index (κ3) is 5.72. The van der Waals surface area contributed by atoms with Crippen molar-refractivity contribution in [3.05, 3.63) is 35.9 Å². The van der Waals surface area contributed by atoms with Gasteiger partial charge in [0.1, 0.15) is 0 Å². The highest BCUT2D eigenvalue weighted by Gasteiger charge is 2.30. The third-order valence-electron chi connectivity index (χ3n) is 6.16. The van der Waals surface area contributed by atoms with Crippen LogP contribution in [0.5, 0.6) is 0 Å². The lowest BCUT2D eigenvalue weighted by atomic mass is 10.0. The van der Waals surface area contributed by atoms with Gasteiger partial charge in [0, 0.05) is 58.3 Å². The number of carbonyl (C=O) groups is 1. The van der Waals surface area contributed by atoms with Crippen molar-refractivity contribution in [2.45, 2.75) is 45.6 Å². The van der Waals surface area contributed by atoms with E-state index in [-0.39, 0.29) is 6.04 Å². The molecule has 1 N–H and O–H groups in total. The molecule has 2 heterocycles. The molecule has 1 aromatic carbocycles. The molecule has 2 aliphatic heterocycles. The van der Waals surface area contributed by atoms with Gasteiger partial charge in [-0.3, -0.25) is 14.7 Å². The Bertz CT molecular complexity index is 663. The molecule has 1 aromatic rings. The molecule has 2 saturated heterocycles. The molecule has 2 unspecified atom stereocenters. The largest absolute Gasteiger partial charge is 0.357 e. The molecule has 1 amide bonds. The smallest absolute Gasteiger partial charge is 0.239 e. The molecular formula is C23H37N5O. The Balaban J connectivity index is 1.54. The minimum absolute atomic E-state index is 0.0205. The summed E-state index contributed by atoms with van der Waals surface area (Å²) in [5.74, 6) is 1.69. The minimum Gasteiger partial charge on any atom is -0.357 e. The Morgan fingerprint density at radius 1 is 1.00 bits per heavy atom. The van der Waals surface area contributed by atoms with Gasteiger partial charge in [0.2, 0.25) is 5.91 Å². The normalized spacial score (nSPS) is 20.6. The summed E-state index contributed by atoms with van der Waals surface area (Å²) in [5.41, 5.74) is 1.33. The average Bonchev–Trinajstić information content (AvgIpc) is 3.31. The number of benzene rings is 1. The summed E-state index contributed by atoms with van der Waals surface area (Å²) in [6.45, 7) is 13.5. The first-order chi connectivity index (χ1) is 14.1. The van der Waals surface area contributed by atoms with Crippen LogP contribution >= 0.6 is 0 Å². The Kier molecular flexibility index (Phi) is 7.92. The number of hydrogen-bond donors (Lipinski definition) is 1. The molecule has 2 fully saturated rings. The van der Waals surface area contributed by atoms with Gasteiger partial charge in [-0.15, -0.1) is 0 Å². The van der Waals surface area contributed by atoms with E-state index in [9.17, 15) is 4.79 Å². The summed E-state index contributed by atoms with van der Waals surface area (Å²) in [6, 6.07) is 10.6. The topological polar surface area (TPSA) is 51.2 Å². The molecule has 160 valence electrons. The maximum absolute atomic E-state index is 12.7. The molecule has 6 nitrogen and oxygen atoms in total. The van der Waals surface area contributed by atoms with E-state index in [0.717, 1.165) is 71.2 Å². The quantitative estimate of drug-likeness (QED) is 0.589. The van der Waals surface area contributed by atoms with E-state index in [1.54, 1.807) is 0 Å². The highest BCUT2D eigenvalue weighted by Crippen LogP contribution is 2.16. The zero-order chi connectivity index (χ0) is 20.6. The molecule has 0 saturated carbocycles. The van der Waals surface area contributed by atoms with Crippen LogP contribution in [0.3, 0.4) is 0 Å². The first kappa shape index (κ1) is 21.6. The Hall–Kier alpha value is -2.08. The maximum atomic E-state index is 12.7. The highest BCUT2D eigenvalue weighted by molar-refractivity contribution is 5.82. The first-order valence-electron chi connectivity index (χ1n) is 11.2. The van der Waals surface area contributed by atoms with Crippen molar-refractivity contribution in [3.8, 4) is 0 Å². The summed E-state index contributed by atoms with van der Waals surface area (Å²) in [6.07, 6.45) is 2.30. The highest BCUT2D eigenvalue weighted by atomic mass is 16.2. The number of carbonyl (C=O) groups excluding carboxylic acids is 1. The lowest BCUT2D eigenvalue weighted by molar-refractivity contribution is -0.135. The van der Waals surface area contributed by atoms with E-state index < -0.39 is 0 Å². The number of nitrogens with zero attached hydrogens (tertiary/aromatic N) is 4. The fourth-order valence-corrected chi connectivity index (χ4v) is 4.22. The van der Waals surface area contributed by atoms with Crippen LogP contribution in [-0.4, -0.2) is 85.0 Å². The zero-order valence-corrected chi connectivity index (χ0v) is 18.3. The molecule has 3 rings (SSSR count). The number of piperazine rings is 1. The Labute approximate surface area is 176 Å². The second kappa shape index (κ2) is 10.6. The van der Waals surface area contributed by atoms with E-state index in [1.807, 2.05) is 4.90 Å². The van der Waals surface area contributed by atoms with Crippen LogP contribution in [0.25, 0.3) is 0 Å². The summed E-state index contributed by atoms with van der Waals surface area (Å²) in [5, 5.41) is 3.45. The number of guanidine groups is 1. The Morgan fingerprint density at radius 2 is 1.66 bits per heavy atom. The number of nitrogens with one attached hydrogen (secondary N) is 1. The van der Waals surface area contributed by atoms with Crippen molar-refractivity contribution >= 4 is 11.9 Å². The molecule has 0 bridgehead atoms. The minimum atomic E-state index is -0.0205. The van der Waals surface area contributed by atoms with E-state index in [4.69, 9.17) is 4.99 Å². The van der Waals surface area contributed by atoms with Crippen LogP contribution < -0.4 is 5.32 Å². The van der Waals surface area contributed by atoms with Gasteiger partial charge >= 0.3 is 0 Å². The molecular weight excluding hydrogens is 362 g/mol. The van der Waals surface area contributed by atoms with E-state index in [0.29, 0.717) is 11.8 Å². The second-order valence-electron chi connectivity index (χ2n) is 8.24. The van der Waals surface area contributed by atoms with Gasteiger partial charge in [-0.25, -0.2) is 0 Å². The van der Waals surface area contributed by atoms with Crippen molar-refractivity contribution in [1.82, 2.24) is 20.0 Å². The fraction of sp³-hybridized carbons (Fsp3) is 0.652. The van der Waals surface area contributed by atoms with Crippen LogP contribution in [0.1, 0.15) is 45.1 Å². The molecule has 0 aliphatic carbocycles. The summed E-state index contributed by atoms with van der Waals surface area (Å²) in [4.78, 5) is 24.3. The molecule has 0 aromatic heterocycles. The maximum Gasteiger partial charge on any atom is 0.239 e. The van der Waals surface area contributed by atoms with Gasteiger partial charge < -0.3 is 15.1 Å². The number of amides is 1. The SMILES string of the molecule is CCNC(=NCC(C)c1ccccc1)N1CCN(C(C)C(=O)N2CCCC2)CC1. The predicted octanol–water partition coefficient (Wildman–Crippen LogP) is 2.38. The van der Waals surface area contributed by atoms with Crippen LogP contribution in [-0.2, 0) is 4.79 Å². The molecule has 0 radical (unpaired) electrons. The predicted molar refractivity (Wildman–Crippen MR) is 119 cm³/mol. The van der Waals surface area contributed by atoms with Crippen LogP contribution in [0.4, 0.5) is 0 Å². The van der Waals surface area contributed by atoms with E-state index >= 15 is 0 Å². The van der Waals surface area contributed by atoms with E-state index in [1.165, 1.54) is 5.56 Å². The van der Waals surface area contributed by atoms with Gasteiger partial charge in [-0.1, -0.05) is 37.3 Å². The lowest BCUT2D eigenvalue weighted by Gasteiger charge is -2.39. The van der Waals surface area contributed by atoms with Gasteiger partial charge in [0.05, 0.1) is 6.04 Å². The fourth-order valence-electron chi connectivity index (χ4n) is 4.22. The summed E-state index contributed by atoms with van der Waals surface area (Å²) < 4.78 is 0. The van der Waals surface area contributed by atoms with Crippen LogP contribution in [0.2, 0.25) is 0 Å². The molecule has 6 heteroatoms. The van der Waals surface area contributed by atoms with Crippen molar-refractivity contribution in [2.75, 3.05) is 52.4 Å². The van der Waals surface area contributed by atoms with Crippen LogP contribution in [0, 0.1) is 0 Å². The molecule has 2 aliphatic rings. The number of likely N-dealkylation sites (tertiary alicyclic amines) is 1. The van der Waals surface area contributed by atoms with E-state index in [2.05, 4.69) is 66.2 Å².